The van der Waals surface area contributed by atoms with Gasteiger partial charge in [0.05, 0.1) is 0 Å². The van der Waals surface area contributed by atoms with Crippen LogP contribution < -0.4 is 0 Å². The minimum Gasteiger partial charge on any atom is -0.339 e. The van der Waals surface area contributed by atoms with Crippen molar-refractivity contribution in [1.82, 2.24) is 14.7 Å². The van der Waals surface area contributed by atoms with E-state index in [1.165, 1.54) is 0 Å². The summed E-state index contributed by atoms with van der Waals surface area (Å²) in [6.45, 7) is 2.65. The molecule has 0 unspecified atom stereocenters. The first-order chi connectivity index (χ1) is 10.3. The minimum atomic E-state index is 0.126. The van der Waals surface area contributed by atoms with E-state index in [-0.39, 0.29) is 5.91 Å². The molecule has 1 saturated heterocycles. The SMILES string of the molecule is O=C(/C=C/c1cccs1)N1CCC(Cn2cccn2)CC1. The highest BCUT2D eigenvalue weighted by Crippen LogP contribution is 2.19. The Kier molecular flexibility index (Phi) is 4.50. The van der Waals surface area contributed by atoms with Crippen LogP contribution in [-0.4, -0.2) is 33.7 Å². The molecule has 0 saturated carbocycles. The summed E-state index contributed by atoms with van der Waals surface area (Å²) in [6, 6.07) is 5.97. The van der Waals surface area contributed by atoms with Crippen LogP contribution in [0.4, 0.5) is 0 Å². The molecule has 1 fully saturated rings. The summed E-state index contributed by atoms with van der Waals surface area (Å²) < 4.78 is 1.98. The fourth-order valence-electron chi connectivity index (χ4n) is 2.65. The number of carbonyl (C=O) groups is 1. The maximum atomic E-state index is 12.1. The first kappa shape index (κ1) is 14.1. The molecule has 0 radical (unpaired) electrons. The third-order valence-corrected chi connectivity index (χ3v) is 4.70. The number of likely N-dealkylation sites (tertiary alicyclic amines) is 1. The van der Waals surface area contributed by atoms with Gasteiger partial charge in [0.25, 0.3) is 0 Å². The van der Waals surface area contributed by atoms with Gasteiger partial charge in [0, 0.05) is 43.0 Å². The first-order valence-corrected chi connectivity index (χ1v) is 8.17. The van der Waals surface area contributed by atoms with Crippen LogP contribution in [0, 0.1) is 5.92 Å². The van der Waals surface area contributed by atoms with E-state index in [4.69, 9.17) is 0 Å². The highest BCUT2D eigenvalue weighted by atomic mass is 32.1. The summed E-state index contributed by atoms with van der Waals surface area (Å²) in [6.07, 6.45) is 9.52. The average molecular weight is 301 g/mol. The van der Waals surface area contributed by atoms with E-state index in [2.05, 4.69) is 5.10 Å². The summed E-state index contributed by atoms with van der Waals surface area (Å²) in [5, 5.41) is 6.27. The minimum absolute atomic E-state index is 0.126. The predicted octanol–water partition coefficient (Wildman–Crippen LogP) is 2.90. The van der Waals surface area contributed by atoms with Gasteiger partial charge in [-0.1, -0.05) is 6.07 Å². The zero-order valence-corrected chi connectivity index (χ0v) is 12.7. The van der Waals surface area contributed by atoms with Gasteiger partial charge in [0.1, 0.15) is 0 Å². The zero-order chi connectivity index (χ0) is 14.5. The number of carbonyl (C=O) groups excluding carboxylic acids is 1. The van der Waals surface area contributed by atoms with E-state index in [0.29, 0.717) is 5.92 Å². The molecule has 3 rings (SSSR count). The number of hydrogen-bond donors (Lipinski definition) is 0. The second-order valence-electron chi connectivity index (χ2n) is 5.35. The second-order valence-corrected chi connectivity index (χ2v) is 6.32. The van der Waals surface area contributed by atoms with Gasteiger partial charge >= 0.3 is 0 Å². The number of thiophene rings is 1. The fourth-order valence-corrected chi connectivity index (χ4v) is 3.27. The molecule has 5 heteroatoms. The van der Waals surface area contributed by atoms with Crippen molar-refractivity contribution in [3.63, 3.8) is 0 Å². The predicted molar refractivity (Wildman–Crippen MR) is 84.9 cm³/mol. The summed E-state index contributed by atoms with van der Waals surface area (Å²) in [4.78, 5) is 15.2. The third kappa shape index (κ3) is 3.82. The lowest BCUT2D eigenvalue weighted by Crippen LogP contribution is -2.38. The standard InChI is InChI=1S/C16H19N3OS/c20-16(5-4-15-3-1-12-21-15)18-10-6-14(7-11-18)13-19-9-2-8-17-19/h1-5,8-9,12,14H,6-7,10-11,13H2/b5-4+. The van der Waals surface area contributed by atoms with Gasteiger partial charge in [0.15, 0.2) is 0 Å². The topological polar surface area (TPSA) is 38.1 Å². The molecule has 1 amide bonds. The van der Waals surface area contributed by atoms with E-state index in [1.807, 2.05) is 51.6 Å². The van der Waals surface area contributed by atoms with Gasteiger partial charge in [-0.05, 0) is 42.3 Å². The summed E-state index contributed by atoms with van der Waals surface area (Å²) in [7, 11) is 0. The molecule has 0 aromatic carbocycles. The van der Waals surface area contributed by atoms with Gasteiger partial charge in [-0.25, -0.2) is 0 Å². The number of amides is 1. The second kappa shape index (κ2) is 6.72. The first-order valence-electron chi connectivity index (χ1n) is 7.29. The van der Waals surface area contributed by atoms with Crippen molar-refractivity contribution in [2.75, 3.05) is 13.1 Å². The summed E-state index contributed by atoms with van der Waals surface area (Å²) in [5.41, 5.74) is 0. The van der Waals surface area contributed by atoms with E-state index < -0.39 is 0 Å². The van der Waals surface area contributed by atoms with Crippen LogP contribution in [0.3, 0.4) is 0 Å². The van der Waals surface area contributed by atoms with Crippen molar-refractivity contribution in [3.05, 3.63) is 46.9 Å². The molecular weight excluding hydrogens is 282 g/mol. The molecule has 1 aliphatic heterocycles. The molecule has 2 aromatic rings. The smallest absolute Gasteiger partial charge is 0.246 e. The number of piperidine rings is 1. The Morgan fingerprint density at radius 1 is 1.38 bits per heavy atom. The Morgan fingerprint density at radius 2 is 2.24 bits per heavy atom. The van der Waals surface area contributed by atoms with Crippen LogP contribution in [0.25, 0.3) is 6.08 Å². The van der Waals surface area contributed by atoms with Crippen molar-refractivity contribution in [3.8, 4) is 0 Å². The Labute approximate surface area is 128 Å². The molecule has 4 nitrogen and oxygen atoms in total. The Balaban J connectivity index is 1.47. The largest absolute Gasteiger partial charge is 0.339 e. The normalized spacial score (nSPS) is 16.7. The molecule has 0 aliphatic carbocycles. The summed E-state index contributed by atoms with van der Waals surface area (Å²) >= 11 is 1.65. The zero-order valence-electron chi connectivity index (χ0n) is 11.9. The van der Waals surface area contributed by atoms with E-state index in [0.717, 1.165) is 37.4 Å². The molecule has 0 bridgehead atoms. The van der Waals surface area contributed by atoms with Crippen molar-refractivity contribution in [2.45, 2.75) is 19.4 Å². The van der Waals surface area contributed by atoms with Crippen LogP contribution in [0.15, 0.2) is 42.0 Å². The van der Waals surface area contributed by atoms with Crippen LogP contribution in [0.5, 0.6) is 0 Å². The lowest BCUT2D eigenvalue weighted by atomic mass is 9.97. The molecule has 2 aromatic heterocycles. The molecule has 3 heterocycles. The lowest BCUT2D eigenvalue weighted by Gasteiger charge is -2.31. The van der Waals surface area contributed by atoms with Gasteiger partial charge in [-0.2, -0.15) is 5.10 Å². The molecule has 0 N–H and O–H groups in total. The monoisotopic (exact) mass is 301 g/mol. The van der Waals surface area contributed by atoms with Crippen LogP contribution in [0.1, 0.15) is 17.7 Å². The highest BCUT2D eigenvalue weighted by molar-refractivity contribution is 7.10. The highest BCUT2D eigenvalue weighted by Gasteiger charge is 2.21. The van der Waals surface area contributed by atoms with E-state index in [1.54, 1.807) is 17.4 Å². The van der Waals surface area contributed by atoms with Gasteiger partial charge < -0.3 is 4.90 Å². The van der Waals surface area contributed by atoms with Crippen LogP contribution >= 0.6 is 11.3 Å². The summed E-state index contributed by atoms with van der Waals surface area (Å²) in [5.74, 6) is 0.746. The number of hydrogen-bond acceptors (Lipinski definition) is 3. The molecule has 110 valence electrons. The molecular formula is C16H19N3OS. The van der Waals surface area contributed by atoms with E-state index in [9.17, 15) is 4.79 Å². The van der Waals surface area contributed by atoms with Gasteiger partial charge in [-0.3, -0.25) is 9.48 Å². The van der Waals surface area contributed by atoms with Gasteiger partial charge in [-0.15, -0.1) is 11.3 Å². The lowest BCUT2D eigenvalue weighted by molar-refractivity contribution is -0.127. The van der Waals surface area contributed by atoms with Crippen LogP contribution in [-0.2, 0) is 11.3 Å². The number of rotatable bonds is 4. The van der Waals surface area contributed by atoms with Crippen molar-refractivity contribution in [1.29, 1.82) is 0 Å². The quantitative estimate of drug-likeness (QED) is 0.814. The Hall–Kier alpha value is -1.88. The average Bonchev–Trinajstić information content (AvgIpc) is 3.19. The number of nitrogens with zero attached hydrogens (tertiary/aromatic N) is 3. The number of aromatic nitrogens is 2. The molecule has 0 atom stereocenters. The Bertz CT molecular complexity index is 581. The maximum Gasteiger partial charge on any atom is 0.246 e. The third-order valence-electron chi connectivity index (χ3n) is 3.86. The maximum absolute atomic E-state index is 12.1. The molecule has 21 heavy (non-hydrogen) atoms. The Morgan fingerprint density at radius 3 is 2.90 bits per heavy atom. The van der Waals surface area contributed by atoms with Crippen molar-refractivity contribution >= 4 is 23.3 Å². The molecule has 0 spiro atoms. The van der Waals surface area contributed by atoms with E-state index >= 15 is 0 Å². The molecule has 1 aliphatic rings. The fraction of sp³-hybridized carbons (Fsp3) is 0.375. The van der Waals surface area contributed by atoms with Crippen molar-refractivity contribution < 1.29 is 4.79 Å². The van der Waals surface area contributed by atoms with Crippen LogP contribution in [0.2, 0.25) is 0 Å². The van der Waals surface area contributed by atoms with Crippen molar-refractivity contribution in [2.24, 2.45) is 5.92 Å². The van der Waals surface area contributed by atoms with Gasteiger partial charge in [0.2, 0.25) is 5.91 Å².